The van der Waals surface area contributed by atoms with Gasteiger partial charge < -0.3 is 14.4 Å². The number of carboxylic acids is 1. The molecule has 0 aromatic heterocycles. The van der Waals surface area contributed by atoms with E-state index in [0.29, 0.717) is 0 Å². The maximum atomic E-state index is 10.8. The normalized spacial score (nSPS) is 28.9. The average Bonchev–Trinajstić information content (AvgIpc) is 2.16. The molecule has 0 spiro atoms. The van der Waals surface area contributed by atoms with Gasteiger partial charge in [0.05, 0.1) is 21.3 Å². The fraction of sp³-hybridized carbons (Fsp3) is 0.750. The molecule has 1 N–H and O–H groups in total. The topological polar surface area (TPSA) is 121 Å². The minimum absolute atomic E-state index is 0. The molecule has 17 heavy (non-hydrogen) atoms. The molecule has 1 saturated carbocycles. The summed E-state index contributed by atoms with van der Waals surface area (Å²) in [4.78, 5) is 20.8. The zero-order chi connectivity index (χ0) is 12.3. The van der Waals surface area contributed by atoms with Crippen LogP contribution in [-0.4, -0.2) is 41.9 Å². The second-order valence-electron chi connectivity index (χ2n) is 3.71. The minimum Gasteiger partial charge on any atom is -0.748 e. The quantitative estimate of drug-likeness (QED) is 0.318. The van der Waals surface area contributed by atoms with Crippen LogP contribution in [0.2, 0.25) is 0 Å². The van der Waals surface area contributed by atoms with Gasteiger partial charge in [0, 0.05) is 6.42 Å². The van der Waals surface area contributed by atoms with Crippen LogP contribution in [0.5, 0.6) is 0 Å². The van der Waals surface area contributed by atoms with Gasteiger partial charge in [-0.05, 0) is 12.8 Å². The van der Waals surface area contributed by atoms with E-state index >= 15 is 0 Å². The van der Waals surface area contributed by atoms with E-state index in [0.717, 1.165) is 0 Å². The van der Waals surface area contributed by atoms with Crippen molar-refractivity contribution in [2.45, 2.75) is 30.6 Å². The molecule has 0 heterocycles. The van der Waals surface area contributed by atoms with Gasteiger partial charge in [-0.3, -0.25) is 9.59 Å². The van der Waals surface area contributed by atoms with Crippen LogP contribution in [-0.2, 0) is 24.4 Å². The molecule has 0 aromatic carbocycles. The van der Waals surface area contributed by atoms with Crippen molar-refractivity contribution in [2.24, 2.45) is 5.92 Å². The smallest absolute Gasteiger partial charge is 0.748 e. The first kappa shape index (κ1) is 16.9. The fourth-order valence-electron chi connectivity index (χ4n) is 1.84. The Bertz CT molecular complexity index is 379. The molecular formula is C8H11NaO7S. The Labute approximate surface area is 121 Å². The number of carbonyl (C=O) groups excluding carboxylic acids is 1. The van der Waals surface area contributed by atoms with Crippen LogP contribution in [0.3, 0.4) is 0 Å². The zero-order valence-corrected chi connectivity index (χ0v) is 12.1. The van der Waals surface area contributed by atoms with Gasteiger partial charge in [0.1, 0.15) is 6.10 Å². The fourth-order valence-corrected chi connectivity index (χ4v) is 2.76. The number of carboxylic acid groups (broad SMARTS) is 1. The number of aliphatic carboxylic acids is 1. The Hall–Kier alpha value is -0.150. The summed E-state index contributed by atoms with van der Waals surface area (Å²) in [6.45, 7) is 0.128. The van der Waals surface area contributed by atoms with Crippen molar-refractivity contribution in [3.63, 3.8) is 0 Å². The van der Waals surface area contributed by atoms with Crippen LogP contribution >= 0.6 is 0 Å². The monoisotopic (exact) mass is 274 g/mol. The molecule has 1 aliphatic carbocycles. The van der Waals surface area contributed by atoms with Crippen molar-refractivity contribution in [3.8, 4) is 0 Å². The predicted octanol–water partition coefficient (Wildman–Crippen LogP) is -3.67. The molecule has 0 saturated heterocycles. The number of hydrogen-bond donors (Lipinski definition) is 1. The van der Waals surface area contributed by atoms with Gasteiger partial charge in [0.25, 0.3) is 6.47 Å². The van der Waals surface area contributed by atoms with E-state index in [2.05, 4.69) is 4.74 Å². The molecule has 1 fully saturated rings. The zero-order valence-electron chi connectivity index (χ0n) is 9.24. The summed E-state index contributed by atoms with van der Waals surface area (Å²) >= 11 is 0. The summed E-state index contributed by atoms with van der Waals surface area (Å²) in [5.74, 6) is -2.15. The van der Waals surface area contributed by atoms with Gasteiger partial charge in [-0.1, -0.05) is 0 Å². The van der Waals surface area contributed by atoms with Gasteiger partial charge in [0.15, 0.2) is 0 Å². The van der Waals surface area contributed by atoms with E-state index in [4.69, 9.17) is 5.11 Å². The third-order valence-corrected chi connectivity index (χ3v) is 3.83. The molecule has 1 aliphatic rings. The van der Waals surface area contributed by atoms with Gasteiger partial charge in [-0.2, -0.15) is 0 Å². The number of ether oxygens (including phenoxy) is 1. The van der Waals surface area contributed by atoms with Crippen LogP contribution in [0.15, 0.2) is 0 Å². The molecule has 0 radical (unpaired) electrons. The van der Waals surface area contributed by atoms with Crippen LogP contribution < -0.4 is 29.6 Å². The first-order valence-corrected chi connectivity index (χ1v) is 6.08. The molecule has 9 heteroatoms. The first-order chi connectivity index (χ1) is 7.34. The largest absolute Gasteiger partial charge is 1.00 e. The van der Waals surface area contributed by atoms with E-state index < -0.39 is 33.4 Å². The van der Waals surface area contributed by atoms with Crippen molar-refractivity contribution in [2.75, 3.05) is 0 Å². The Balaban J connectivity index is 0.00000256. The second kappa shape index (κ2) is 6.69. The summed E-state index contributed by atoms with van der Waals surface area (Å²) in [6.07, 6.45) is -1.13. The van der Waals surface area contributed by atoms with Crippen molar-refractivity contribution in [3.05, 3.63) is 0 Å². The maximum Gasteiger partial charge on any atom is 1.00 e. The van der Waals surface area contributed by atoms with Crippen molar-refractivity contribution in [1.82, 2.24) is 0 Å². The molecule has 0 amide bonds. The van der Waals surface area contributed by atoms with Crippen LogP contribution in [0.4, 0.5) is 0 Å². The Morgan fingerprint density at radius 2 is 1.94 bits per heavy atom. The van der Waals surface area contributed by atoms with E-state index in [-0.39, 0.29) is 55.3 Å². The molecule has 3 atom stereocenters. The van der Waals surface area contributed by atoms with E-state index in [9.17, 15) is 22.6 Å². The minimum atomic E-state index is -4.55. The third kappa shape index (κ3) is 4.92. The third-order valence-electron chi connectivity index (χ3n) is 2.63. The summed E-state index contributed by atoms with van der Waals surface area (Å²) in [5.41, 5.74) is 0. The van der Waals surface area contributed by atoms with E-state index in [1.54, 1.807) is 0 Å². The van der Waals surface area contributed by atoms with E-state index in [1.807, 2.05) is 0 Å². The van der Waals surface area contributed by atoms with Gasteiger partial charge in [-0.25, -0.2) is 8.42 Å². The van der Waals surface area contributed by atoms with Crippen molar-refractivity contribution >= 4 is 22.6 Å². The molecule has 7 nitrogen and oxygen atoms in total. The number of hydrogen-bond acceptors (Lipinski definition) is 6. The average molecular weight is 274 g/mol. The summed E-state index contributed by atoms with van der Waals surface area (Å²) in [5, 5.41) is 7.47. The Morgan fingerprint density at radius 1 is 1.35 bits per heavy atom. The molecule has 1 rings (SSSR count). The number of rotatable bonds is 4. The summed E-state index contributed by atoms with van der Waals surface area (Å²) in [6, 6.07) is 0. The standard InChI is InChI=1S/C8H12O7S.Na/c9-4-15-6-1-5(8(10)11)2-7(3-6)16(12,13)14;/h4-7H,1-3H2,(H,10,11)(H,12,13,14);/q;+1/p-1. The summed E-state index contributed by atoms with van der Waals surface area (Å²) in [7, 11) is -4.55. The van der Waals surface area contributed by atoms with Crippen molar-refractivity contribution < 1.29 is 62.0 Å². The number of carbonyl (C=O) groups is 2. The maximum absolute atomic E-state index is 10.8. The van der Waals surface area contributed by atoms with Crippen LogP contribution in [0, 0.1) is 5.92 Å². The SMILES string of the molecule is O=COC1CC(C(=O)O)CC(S(=O)(=O)[O-])C1.[Na+]. The van der Waals surface area contributed by atoms with Crippen molar-refractivity contribution in [1.29, 1.82) is 0 Å². The summed E-state index contributed by atoms with van der Waals surface area (Å²) < 4.78 is 37.0. The molecule has 92 valence electrons. The van der Waals surface area contributed by atoms with Gasteiger partial charge in [-0.15, -0.1) is 0 Å². The van der Waals surface area contributed by atoms with Gasteiger partial charge in [0.2, 0.25) is 0 Å². The molecule has 0 bridgehead atoms. The molecule has 0 aromatic rings. The first-order valence-electron chi connectivity index (χ1n) is 4.61. The van der Waals surface area contributed by atoms with Crippen LogP contribution in [0.25, 0.3) is 0 Å². The molecule has 0 aliphatic heterocycles. The molecular weight excluding hydrogens is 263 g/mol. The Morgan fingerprint density at radius 3 is 2.35 bits per heavy atom. The van der Waals surface area contributed by atoms with Crippen LogP contribution in [0.1, 0.15) is 19.3 Å². The second-order valence-corrected chi connectivity index (χ2v) is 5.36. The van der Waals surface area contributed by atoms with Gasteiger partial charge >= 0.3 is 35.5 Å². The Kier molecular flexibility index (Phi) is 6.64. The predicted molar refractivity (Wildman–Crippen MR) is 49.4 cm³/mol. The molecule has 3 unspecified atom stereocenters. The van der Waals surface area contributed by atoms with E-state index in [1.165, 1.54) is 0 Å².